The Morgan fingerprint density at radius 1 is 1.05 bits per heavy atom. The summed E-state index contributed by atoms with van der Waals surface area (Å²) in [6.45, 7) is 2.50. The second kappa shape index (κ2) is 10.7. The van der Waals surface area contributed by atoms with Gasteiger partial charge in [0.1, 0.15) is 5.01 Å². The summed E-state index contributed by atoms with van der Waals surface area (Å²) < 4.78 is 2.10. The minimum Gasteiger partial charge on any atom is -0.369 e. The van der Waals surface area contributed by atoms with E-state index < -0.39 is 6.23 Å². The molecule has 2 aliphatic rings. The Labute approximate surface area is 225 Å². The SMILES string of the molecule is N#Cc1cccc(C2=NN(Cc3cccc(-c4ncc(-c5cnn(C6CCNCC6)c5)s4)c3)C(O)C=C2)c1. The number of nitriles is 1. The maximum atomic E-state index is 10.6. The molecule has 1 fully saturated rings. The van der Waals surface area contributed by atoms with Crippen molar-refractivity contribution in [2.24, 2.45) is 5.10 Å². The third-order valence-corrected chi connectivity index (χ3v) is 7.94. The molecule has 2 N–H and O–H groups in total. The zero-order valence-electron chi connectivity index (χ0n) is 20.7. The standard InChI is InChI=1S/C29H27N7OS/c30-15-20-3-1-5-22(13-20)26-7-8-28(37)36(34-26)18-21-4-2-6-23(14-21)29-32-17-27(38-29)24-16-33-35(19-24)25-9-11-31-12-10-25/h1-8,13-14,16-17,19,25,28,31,37H,9-12,18H2. The van der Waals surface area contributed by atoms with Gasteiger partial charge in [0.25, 0.3) is 0 Å². The highest BCUT2D eigenvalue weighted by atomic mass is 32.1. The average molecular weight is 522 g/mol. The smallest absolute Gasteiger partial charge is 0.162 e. The van der Waals surface area contributed by atoms with Gasteiger partial charge in [-0.1, -0.05) is 30.3 Å². The van der Waals surface area contributed by atoms with E-state index in [1.54, 1.807) is 40.6 Å². The summed E-state index contributed by atoms with van der Waals surface area (Å²) in [7, 11) is 0. The van der Waals surface area contributed by atoms with Gasteiger partial charge in [-0.2, -0.15) is 15.5 Å². The molecule has 0 bridgehead atoms. The van der Waals surface area contributed by atoms with Crippen LogP contribution >= 0.6 is 11.3 Å². The van der Waals surface area contributed by atoms with E-state index in [-0.39, 0.29) is 0 Å². The summed E-state index contributed by atoms with van der Waals surface area (Å²) in [5, 5.41) is 35.1. The van der Waals surface area contributed by atoms with E-state index in [4.69, 9.17) is 4.98 Å². The molecule has 0 amide bonds. The van der Waals surface area contributed by atoms with E-state index in [1.807, 2.05) is 36.7 Å². The van der Waals surface area contributed by atoms with Crippen molar-refractivity contribution in [3.05, 3.63) is 96.0 Å². The Morgan fingerprint density at radius 2 is 1.89 bits per heavy atom. The molecule has 6 rings (SSSR count). The molecular formula is C29H27N7OS. The molecule has 38 heavy (non-hydrogen) atoms. The van der Waals surface area contributed by atoms with E-state index >= 15 is 0 Å². The van der Waals surface area contributed by atoms with Gasteiger partial charge in [0.2, 0.25) is 0 Å². The van der Waals surface area contributed by atoms with E-state index in [1.165, 1.54) is 0 Å². The van der Waals surface area contributed by atoms with Crippen LogP contribution in [0.3, 0.4) is 0 Å². The largest absolute Gasteiger partial charge is 0.369 e. The van der Waals surface area contributed by atoms with Gasteiger partial charge in [0.05, 0.1) is 41.0 Å². The zero-order valence-corrected chi connectivity index (χ0v) is 21.6. The summed E-state index contributed by atoms with van der Waals surface area (Å²) >= 11 is 1.65. The number of hydrogen-bond acceptors (Lipinski definition) is 8. The Bertz CT molecular complexity index is 1540. The summed E-state index contributed by atoms with van der Waals surface area (Å²) in [6, 6.07) is 18.1. The van der Waals surface area contributed by atoms with Crippen molar-refractivity contribution < 1.29 is 5.11 Å². The predicted molar refractivity (Wildman–Crippen MR) is 148 cm³/mol. The Balaban J connectivity index is 1.19. The van der Waals surface area contributed by atoms with Crippen molar-refractivity contribution in [3.8, 4) is 27.1 Å². The molecule has 2 aromatic carbocycles. The second-order valence-corrected chi connectivity index (χ2v) is 10.5. The molecule has 0 saturated carbocycles. The van der Waals surface area contributed by atoms with Crippen molar-refractivity contribution in [2.75, 3.05) is 13.1 Å². The van der Waals surface area contributed by atoms with Crippen molar-refractivity contribution in [1.82, 2.24) is 25.1 Å². The van der Waals surface area contributed by atoms with Crippen molar-refractivity contribution in [3.63, 3.8) is 0 Å². The number of allylic oxidation sites excluding steroid dienone is 1. The van der Waals surface area contributed by atoms with Gasteiger partial charge >= 0.3 is 0 Å². The highest BCUT2D eigenvalue weighted by molar-refractivity contribution is 7.18. The quantitative estimate of drug-likeness (QED) is 0.386. The summed E-state index contributed by atoms with van der Waals surface area (Å²) in [5.74, 6) is 0. The third-order valence-electron chi connectivity index (χ3n) is 6.85. The van der Waals surface area contributed by atoms with Crippen LogP contribution < -0.4 is 5.32 Å². The van der Waals surface area contributed by atoms with Gasteiger partial charge < -0.3 is 10.4 Å². The number of aromatic nitrogens is 3. The van der Waals surface area contributed by atoms with Crippen LogP contribution in [0.5, 0.6) is 0 Å². The highest BCUT2D eigenvalue weighted by Crippen LogP contribution is 2.33. The predicted octanol–water partition coefficient (Wildman–Crippen LogP) is 4.56. The number of nitrogens with zero attached hydrogens (tertiary/aromatic N) is 6. The first-order valence-electron chi connectivity index (χ1n) is 12.7. The van der Waals surface area contributed by atoms with Crippen molar-refractivity contribution >= 4 is 17.0 Å². The molecule has 0 aliphatic carbocycles. The molecule has 1 saturated heterocycles. The molecule has 1 unspecified atom stereocenters. The lowest BCUT2D eigenvalue weighted by Gasteiger charge is -2.27. The van der Waals surface area contributed by atoms with Crippen molar-refractivity contribution in [2.45, 2.75) is 31.7 Å². The fourth-order valence-electron chi connectivity index (χ4n) is 4.81. The number of piperidine rings is 1. The topological polar surface area (TPSA) is 102 Å². The first-order valence-corrected chi connectivity index (χ1v) is 13.5. The van der Waals surface area contributed by atoms with E-state index in [2.05, 4.69) is 44.6 Å². The fraction of sp³-hybridized carbons (Fsp3) is 0.241. The lowest BCUT2D eigenvalue weighted by atomic mass is 10.1. The molecule has 2 aromatic heterocycles. The molecule has 2 aliphatic heterocycles. The van der Waals surface area contributed by atoms with Gasteiger partial charge in [-0.05, 0) is 61.8 Å². The molecule has 190 valence electrons. The number of hydrogen-bond donors (Lipinski definition) is 2. The van der Waals surface area contributed by atoms with Crippen LogP contribution in [-0.4, -0.2) is 49.9 Å². The second-order valence-electron chi connectivity index (χ2n) is 9.47. The van der Waals surface area contributed by atoms with Gasteiger partial charge in [0.15, 0.2) is 6.23 Å². The lowest BCUT2D eigenvalue weighted by molar-refractivity contribution is 0.0358. The van der Waals surface area contributed by atoms with E-state index in [0.717, 1.165) is 58.1 Å². The summed E-state index contributed by atoms with van der Waals surface area (Å²) in [6.07, 6.45) is 10.9. The van der Waals surface area contributed by atoms with Gasteiger partial charge in [0, 0.05) is 29.1 Å². The number of aliphatic hydroxyl groups excluding tert-OH is 1. The van der Waals surface area contributed by atoms with Crippen LogP contribution in [0.1, 0.15) is 35.6 Å². The molecule has 9 heteroatoms. The van der Waals surface area contributed by atoms with Crippen LogP contribution in [0.15, 0.2) is 84.4 Å². The number of hydrazone groups is 1. The maximum absolute atomic E-state index is 10.6. The molecule has 4 aromatic rings. The Hall–Kier alpha value is -4.10. The highest BCUT2D eigenvalue weighted by Gasteiger charge is 2.19. The first-order chi connectivity index (χ1) is 18.7. The number of thiazole rings is 1. The van der Waals surface area contributed by atoms with E-state index in [0.29, 0.717) is 23.9 Å². The molecule has 8 nitrogen and oxygen atoms in total. The monoisotopic (exact) mass is 521 g/mol. The van der Waals surface area contributed by atoms with Crippen LogP contribution in [0.25, 0.3) is 21.0 Å². The number of rotatable bonds is 6. The number of benzene rings is 2. The molecular weight excluding hydrogens is 494 g/mol. The van der Waals surface area contributed by atoms with E-state index in [9.17, 15) is 10.4 Å². The van der Waals surface area contributed by atoms with Crippen LogP contribution in [0.2, 0.25) is 0 Å². The molecule has 0 spiro atoms. The Kier molecular flexibility index (Phi) is 6.84. The Morgan fingerprint density at radius 3 is 2.76 bits per heavy atom. The first kappa shape index (κ1) is 24.2. The van der Waals surface area contributed by atoms with Gasteiger partial charge in [-0.25, -0.2) is 4.98 Å². The molecule has 1 atom stereocenters. The third kappa shape index (κ3) is 5.15. The zero-order chi connectivity index (χ0) is 25.9. The average Bonchev–Trinajstić information content (AvgIpc) is 3.66. The minimum atomic E-state index is -0.829. The molecule has 0 radical (unpaired) electrons. The van der Waals surface area contributed by atoms with Gasteiger partial charge in [-0.15, -0.1) is 11.3 Å². The van der Waals surface area contributed by atoms with Crippen LogP contribution in [-0.2, 0) is 6.54 Å². The fourth-order valence-corrected chi connectivity index (χ4v) is 5.69. The normalized spacial score (nSPS) is 17.8. The summed E-state index contributed by atoms with van der Waals surface area (Å²) in [4.78, 5) is 5.79. The lowest BCUT2D eigenvalue weighted by Crippen LogP contribution is -2.32. The van der Waals surface area contributed by atoms with Crippen LogP contribution in [0, 0.1) is 11.3 Å². The maximum Gasteiger partial charge on any atom is 0.162 e. The van der Waals surface area contributed by atoms with Crippen LogP contribution in [0.4, 0.5) is 0 Å². The number of nitrogens with one attached hydrogen (secondary N) is 1. The van der Waals surface area contributed by atoms with Gasteiger partial charge in [-0.3, -0.25) is 9.69 Å². The number of aliphatic hydroxyl groups is 1. The summed E-state index contributed by atoms with van der Waals surface area (Å²) in [5.41, 5.74) is 5.25. The van der Waals surface area contributed by atoms with Crippen molar-refractivity contribution in [1.29, 1.82) is 5.26 Å². The molecule has 4 heterocycles. The minimum absolute atomic E-state index is 0.433.